The number of piperazine rings is 1. The summed E-state index contributed by atoms with van der Waals surface area (Å²) in [5, 5.41) is 24.1. The molecule has 3 aromatic heterocycles. The maximum atomic E-state index is 9.64. The van der Waals surface area contributed by atoms with Gasteiger partial charge in [-0.2, -0.15) is 0 Å². The molecule has 10 nitrogen and oxygen atoms in total. The minimum absolute atomic E-state index is 0.0351. The molecule has 1 saturated heterocycles. The Hall–Kier alpha value is -3.67. The van der Waals surface area contributed by atoms with Crippen LogP contribution < -0.4 is 15.1 Å². The van der Waals surface area contributed by atoms with E-state index in [0.29, 0.717) is 17.6 Å². The Bertz CT molecular complexity index is 1490. The van der Waals surface area contributed by atoms with Crippen LogP contribution in [0.2, 0.25) is 0 Å². The van der Waals surface area contributed by atoms with E-state index in [2.05, 4.69) is 59.6 Å². The van der Waals surface area contributed by atoms with E-state index < -0.39 is 15.8 Å². The van der Waals surface area contributed by atoms with E-state index in [0.717, 1.165) is 46.8 Å². The molecule has 196 valence electrons. The summed E-state index contributed by atoms with van der Waals surface area (Å²) >= 11 is -0.899. The van der Waals surface area contributed by atoms with Crippen LogP contribution in [0.4, 0.5) is 11.6 Å². The number of rotatable bonds is 6. The van der Waals surface area contributed by atoms with Crippen molar-refractivity contribution in [2.24, 2.45) is 0 Å². The van der Waals surface area contributed by atoms with Crippen molar-refractivity contribution in [2.45, 2.75) is 51.0 Å². The fraction of sp³-hybridized carbons (Fsp3) is 0.370. The van der Waals surface area contributed by atoms with Crippen molar-refractivity contribution in [3.8, 4) is 11.8 Å². The molecule has 0 saturated carbocycles. The summed E-state index contributed by atoms with van der Waals surface area (Å²) in [4.78, 5) is 18.4. The van der Waals surface area contributed by atoms with Gasteiger partial charge >= 0.3 is 218 Å². The summed E-state index contributed by atoms with van der Waals surface area (Å²) in [6.45, 7) is 11.2. The fourth-order valence-electron chi connectivity index (χ4n) is 5.12. The van der Waals surface area contributed by atoms with E-state index in [9.17, 15) is 10.4 Å². The van der Waals surface area contributed by atoms with Gasteiger partial charge < -0.3 is 5.11 Å². The second-order valence-corrected chi connectivity index (χ2v) is 13.4. The van der Waals surface area contributed by atoms with Crippen LogP contribution in [-0.4, -0.2) is 75.5 Å². The summed E-state index contributed by atoms with van der Waals surface area (Å²) in [5.74, 6) is 2.20. The van der Waals surface area contributed by atoms with Gasteiger partial charge in [0.1, 0.15) is 5.75 Å². The van der Waals surface area contributed by atoms with Crippen LogP contribution in [0.1, 0.15) is 48.0 Å². The number of fused-ring (bicyclic) bond motifs is 1. The number of aromatic nitrogens is 5. The molecule has 5 rings (SSSR count). The van der Waals surface area contributed by atoms with Crippen LogP contribution in [-0.2, 0) is 6.54 Å². The van der Waals surface area contributed by atoms with Crippen molar-refractivity contribution >= 4 is 37.4 Å². The Kier molecular flexibility index (Phi) is 7.24. The van der Waals surface area contributed by atoms with Crippen molar-refractivity contribution in [3.63, 3.8) is 0 Å². The molecule has 4 atom stereocenters. The molecule has 4 heterocycles. The van der Waals surface area contributed by atoms with Crippen LogP contribution in [0.3, 0.4) is 0 Å². The third-order valence-corrected chi connectivity index (χ3v) is 9.96. The van der Waals surface area contributed by atoms with Gasteiger partial charge in [0.05, 0.1) is 0 Å². The van der Waals surface area contributed by atoms with Crippen molar-refractivity contribution in [3.05, 3.63) is 65.4 Å². The average molecular weight is 574 g/mol. The third kappa shape index (κ3) is 5.04. The normalized spacial score (nSPS) is 19.3. The topological polar surface area (TPSA) is 132 Å². The number of hydrogen-bond acceptors (Lipinski definition) is 9. The number of nitrogens with two attached hydrogens (primary N) is 1. The molecule has 1 unspecified atom stereocenters. The maximum absolute atomic E-state index is 9.64. The molecular formula is C27H32AsN9O. The van der Waals surface area contributed by atoms with Crippen molar-refractivity contribution in [1.82, 2.24) is 29.5 Å². The number of phenols is 1. The van der Waals surface area contributed by atoms with E-state index in [1.807, 2.05) is 22.8 Å². The van der Waals surface area contributed by atoms with Crippen molar-refractivity contribution in [2.75, 3.05) is 23.7 Å². The first kappa shape index (κ1) is 26.0. The predicted molar refractivity (Wildman–Crippen MR) is 149 cm³/mol. The van der Waals surface area contributed by atoms with Gasteiger partial charge in [-0.3, -0.25) is 0 Å². The summed E-state index contributed by atoms with van der Waals surface area (Å²) in [7, 11) is 0. The molecule has 0 bridgehead atoms. The molecule has 0 spiro atoms. The van der Waals surface area contributed by atoms with Crippen LogP contribution in [0, 0.1) is 18.3 Å². The Morgan fingerprint density at radius 2 is 1.87 bits per heavy atom. The second-order valence-electron chi connectivity index (χ2n) is 9.99. The Balaban J connectivity index is 1.43. The molecule has 0 radical (unpaired) electrons. The summed E-state index contributed by atoms with van der Waals surface area (Å²) in [6, 6.07) is 12.3. The first-order chi connectivity index (χ1) is 18.2. The SMILES string of the molecule is Cc1ccn2nc([C@H](C)[AsH]c3ncnc(N)c3C#N)nc(N3C[C@@H](C)N(Cc4ccc(O)cc4)[C@@H](C)C3)c12. The molecule has 38 heavy (non-hydrogen) atoms. The second kappa shape index (κ2) is 10.6. The van der Waals surface area contributed by atoms with Gasteiger partial charge in [-0.05, 0) is 0 Å². The van der Waals surface area contributed by atoms with Gasteiger partial charge in [0, 0.05) is 0 Å². The number of aryl methyl sites for hydroxylation is 1. The Morgan fingerprint density at radius 3 is 2.55 bits per heavy atom. The van der Waals surface area contributed by atoms with Gasteiger partial charge in [0.2, 0.25) is 0 Å². The Morgan fingerprint density at radius 1 is 1.16 bits per heavy atom. The van der Waals surface area contributed by atoms with Gasteiger partial charge in [-0.25, -0.2) is 0 Å². The zero-order valence-corrected chi connectivity index (χ0v) is 24.1. The van der Waals surface area contributed by atoms with E-state index in [1.165, 1.54) is 11.9 Å². The number of benzene rings is 1. The Labute approximate surface area is 228 Å². The monoisotopic (exact) mass is 573 g/mol. The van der Waals surface area contributed by atoms with Crippen molar-refractivity contribution < 1.29 is 5.11 Å². The molecule has 4 aromatic rings. The number of anilines is 2. The van der Waals surface area contributed by atoms with Gasteiger partial charge in [-0.15, -0.1) is 0 Å². The zero-order chi connectivity index (χ0) is 27.0. The molecule has 0 aliphatic carbocycles. The van der Waals surface area contributed by atoms with Gasteiger partial charge in [-0.1, -0.05) is 0 Å². The average Bonchev–Trinajstić information content (AvgIpc) is 3.27. The van der Waals surface area contributed by atoms with E-state index in [4.69, 9.17) is 15.8 Å². The number of nitrogens with zero attached hydrogens (tertiary/aromatic N) is 8. The van der Waals surface area contributed by atoms with Crippen LogP contribution in [0.5, 0.6) is 5.75 Å². The van der Waals surface area contributed by atoms with Crippen LogP contribution in [0.25, 0.3) is 5.52 Å². The molecular weight excluding hydrogens is 541 g/mol. The molecule has 1 aliphatic heterocycles. The van der Waals surface area contributed by atoms with Gasteiger partial charge in [0.25, 0.3) is 0 Å². The van der Waals surface area contributed by atoms with Crippen LogP contribution >= 0.6 is 0 Å². The van der Waals surface area contributed by atoms with E-state index in [-0.39, 0.29) is 16.3 Å². The molecule has 0 amide bonds. The number of hydrogen-bond donors (Lipinski definition) is 2. The minimum atomic E-state index is -0.899. The molecule has 1 aliphatic rings. The quantitative estimate of drug-likeness (QED) is 0.332. The summed E-state index contributed by atoms with van der Waals surface area (Å²) < 4.78 is 2.70. The van der Waals surface area contributed by atoms with Gasteiger partial charge in [0.15, 0.2) is 0 Å². The summed E-state index contributed by atoms with van der Waals surface area (Å²) in [6.07, 6.45) is 3.41. The summed E-state index contributed by atoms with van der Waals surface area (Å²) in [5.41, 5.74) is 9.64. The third-order valence-electron chi connectivity index (χ3n) is 7.14. The predicted octanol–water partition coefficient (Wildman–Crippen LogP) is 1.91. The molecule has 11 heteroatoms. The number of nitriles is 1. The van der Waals surface area contributed by atoms with E-state index >= 15 is 0 Å². The zero-order valence-electron chi connectivity index (χ0n) is 22.0. The standard InChI is InChI=1S/C27H32AsN9O/c1-16-9-10-37-23(16)27(33-26(34-37)19(4)28-24-22(11-29)25(30)32-15-31-24)35-12-17(2)36(18(3)13-35)14-20-5-7-21(38)8-6-20/h5-10,15,17-19,28,38H,12-14H2,1-4H3,(H2,30,31,32)/t17-,18+,19-/m0/s1. The van der Waals surface area contributed by atoms with Crippen LogP contribution in [0.15, 0.2) is 42.9 Å². The molecule has 3 N–H and O–H groups in total. The van der Waals surface area contributed by atoms with Crippen molar-refractivity contribution in [1.29, 1.82) is 5.26 Å². The number of nitrogen functional groups attached to an aromatic ring is 1. The fourth-order valence-corrected chi connectivity index (χ4v) is 7.47. The number of phenolic OH excluding ortho intramolecular Hbond substituents is 1. The van der Waals surface area contributed by atoms with E-state index in [1.54, 1.807) is 12.1 Å². The first-order valence-electron chi connectivity index (χ1n) is 12.7. The number of aromatic hydroxyl groups is 1. The molecule has 1 fully saturated rings. The molecule has 1 aromatic carbocycles. The first-order valence-corrected chi connectivity index (χ1v) is 14.9.